The summed E-state index contributed by atoms with van der Waals surface area (Å²) in [5.74, 6) is 4.90. The van der Waals surface area contributed by atoms with Crippen LogP contribution in [0.15, 0.2) is 24.3 Å². The van der Waals surface area contributed by atoms with Crippen molar-refractivity contribution in [3.05, 3.63) is 29.8 Å². The zero-order valence-corrected chi connectivity index (χ0v) is 13.2. The van der Waals surface area contributed by atoms with Crippen LogP contribution in [0.4, 0.5) is 0 Å². The molecular formula is C15H23NOS2. The highest BCUT2D eigenvalue weighted by atomic mass is 32.2. The maximum atomic E-state index is 5.58. The topological polar surface area (TPSA) is 21.3 Å². The first-order valence-electron chi connectivity index (χ1n) is 7.00. The van der Waals surface area contributed by atoms with E-state index in [0.717, 1.165) is 37.1 Å². The van der Waals surface area contributed by atoms with Gasteiger partial charge < -0.3 is 10.1 Å². The Morgan fingerprint density at radius 1 is 1.26 bits per heavy atom. The largest absolute Gasteiger partial charge is 0.494 e. The summed E-state index contributed by atoms with van der Waals surface area (Å²) >= 11 is 4.19. The van der Waals surface area contributed by atoms with Crippen molar-refractivity contribution in [2.24, 2.45) is 0 Å². The molecule has 1 unspecified atom stereocenters. The van der Waals surface area contributed by atoms with Gasteiger partial charge in [0.25, 0.3) is 0 Å². The number of benzene rings is 1. The lowest BCUT2D eigenvalue weighted by atomic mass is 10.2. The quantitative estimate of drug-likeness (QED) is 0.832. The number of nitrogens with one attached hydrogen (secondary N) is 1. The van der Waals surface area contributed by atoms with Gasteiger partial charge in [-0.05, 0) is 24.1 Å². The third-order valence-electron chi connectivity index (χ3n) is 2.98. The van der Waals surface area contributed by atoms with Gasteiger partial charge in [0, 0.05) is 35.6 Å². The molecule has 0 aromatic heterocycles. The van der Waals surface area contributed by atoms with Crippen molar-refractivity contribution in [2.75, 3.05) is 30.4 Å². The van der Waals surface area contributed by atoms with Crippen LogP contribution in [0.1, 0.15) is 18.9 Å². The molecule has 1 N–H and O–H groups in total. The second-order valence-corrected chi connectivity index (χ2v) is 7.25. The summed E-state index contributed by atoms with van der Waals surface area (Å²) in [5, 5.41) is 4.34. The first-order valence-corrected chi connectivity index (χ1v) is 9.20. The summed E-state index contributed by atoms with van der Waals surface area (Å²) in [6, 6.07) is 8.44. The maximum Gasteiger partial charge on any atom is 0.119 e. The summed E-state index contributed by atoms with van der Waals surface area (Å²) in [7, 11) is 0. The average Bonchev–Trinajstić information content (AvgIpc) is 2.47. The van der Waals surface area contributed by atoms with Gasteiger partial charge in [-0.15, -0.1) is 0 Å². The number of ether oxygens (including phenoxy) is 1. The minimum atomic E-state index is 0.783. The molecule has 1 saturated heterocycles. The van der Waals surface area contributed by atoms with Crippen molar-refractivity contribution in [3.8, 4) is 5.75 Å². The fourth-order valence-electron chi connectivity index (χ4n) is 1.96. The number of hydrogen-bond donors (Lipinski definition) is 1. The monoisotopic (exact) mass is 297 g/mol. The highest BCUT2D eigenvalue weighted by Crippen LogP contribution is 2.23. The highest BCUT2D eigenvalue weighted by molar-refractivity contribution is 8.06. The molecule has 1 aliphatic heterocycles. The van der Waals surface area contributed by atoms with Crippen LogP contribution < -0.4 is 10.1 Å². The molecule has 2 nitrogen and oxygen atoms in total. The molecule has 106 valence electrons. The van der Waals surface area contributed by atoms with Crippen LogP contribution in [0.5, 0.6) is 5.75 Å². The Hall–Kier alpha value is -0.320. The van der Waals surface area contributed by atoms with Gasteiger partial charge in [-0.1, -0.05) is 19.1 Å². The molecular weight excluding hydrogens is 274 g/mol. The van der Waals surface area contributed by atoms with E-state index in [-0.39, 0.29) is 0 Å². The van der Waals surface area contributed by atoms with E-state index < -0.39 is 0 Å². The van der Waals surface area contributed by atoms with Crippen LogP contribution >= 0.6 is 23.5 Å². The van der Waals surface area contributed by atoms with Gasteiger partial charge in [0.05, 0.1) is 6.61 Å². The van der Waals surface area contributed by atoms with Crippen molar-refractivity contribution >= 4 is 23.5 Å². The van der Waals surface area contributed by atoms with Crippen LogP contribution in [-0.4, -0.2) is 35.7 Å². The second kappa shape index (κ2) is 8.77. The Balaban J connectivity index is 1.67. The van der Waals surface area contributed by atoms with Crippen LogP contribution in [0.3, 0.4) is 0 Å². The summed E-state index contributed by atoms with van der Waals surface area (Å²) in [6.45, 7) is 5.00. The molecule has 0 bridgehead atoms. The fraction of sp³-hybridized carbons (Fsp3) is 0.600. The van der Waals surface area contributed by atoms with E-state index in [1.54, 1.807) is 0 Å². The molecule has 0 spiro atoms. The molecule has 19 heavy (non-hydrogen) atoms. The molecule has 1 heterocycles. The van der Waals surface area contributed by atoms with Gasteiger partial charge in [0.15, 0.2) is 0 Å². The molecule has 1 aliphatic rings. The molecule has 1 fully saturated rings. The molecule has 4 heteroatoms. The van der Waals surface area contributed by atoms with Gasteiger partial charge in [-0.2, -0.15) is 23.5 Å². The predicted octanol–water partition coefficient (Wildman–Crippen LogP) is 3.41. The second-order valence-electron chi connectivity index (χ2n) is 4.69. The Bertz CT molecular complexity index is 350. The number of hydrogen-bond acceptors (Lipinski definition) is 4. The molecule has 1 aromatic rings. The number of rotatable bonds is 7. The molecule has 1 aromatic carbocycles. The maximum absolute atomic E-state index is 5.58. The van der Waals surface area contributed by atoms with Crippen molar-refractivity contribution in [1.82, 2.24) is 5.32 Å². The molecule has 0 saturated carbocycles. The molecule has 1 atom stereocenters. The van der Waals surface area contributed by atoms with Crippen LogP contribution in [0.25, 0.3) is 0 Å². The SMILES string of the molecule is CCCOc1ccc(CNCC2CSCCS2)cc1. The molecule has 2 rings (SSSR count). The summed E-state index contributed by atoms with van der Waals surface area (Å²) in [4.78, 5) is 0. The lowest BCUT2D eigenvalue weighted by Crippen LogP contribution is -2.28. The third kappa shape index (κ3) is 5.67. The number of thioether (sulfide) groups is 2. The first kappa shape index (κ1) is 15.1. The van der Waals surface area contributed by atoms with Crippen molar-refractivity contribution in [1.29, 1.82) is 0 Å². The molecule has 0 radical (unpaired) electrons. The van der Waals surface area contributed by atoms with E-state index in [4.69, 9.17) is 4.74 Å². The van der Waals surface area contributed by atoms with Gasteiger partial charge in [0.2, 0.25) is 0 Å². The highest BCUT2D eigenvalue weighted by Gasteiger charge is 2.13. The van der Waals surface area contributed by atoms with Crippen LogP contribution in [0.2, 0.25) is 0 Å². The Kier molecular flexibility index (Phi) is 6.96. The minimum Gasteiger partial charge on any atom is -0.494 e. The van der Waals surface area contributed by atoms with Crippen molar-refractivity contribution < 1.29 is 4.74 Å². The fourth-order valence-corrected chi connectivity index (χ4v) is 4.60. The van der Waals surface area contributed by atoms with Gasteiger partial charge in [-0.25, -0.2) is 0 Å². The van der Waals surface area contributed by atoms with Crippen LogP contribution in [-0.2, 0) is 6.54 Å². The Morgan fingerprint density at radius 2 is 2.11 bits per heavy atom. The summed E-state index contributed by atoms with van der Waals surface area (Å²) < 4.78 is 5.58. The van der Waals surface area contributed by atoms with E-state index >= 15 is 0 Å². The lowest BCUT2D eigenvalue weighted by molar-refractivity contribution is 0.317. The van der Waals surface area contributed by atoms with Crippen molar-refractivity contribution in [2.45, 2.75) is 25.1 Å². The lowest BCUT2D eigenvalue weighted by Gasteiger charge is -2.21. The zero-order valence-electron chi connectivity index (χ0n) is 11.6. The van der Waals surface area contributed by atoms with Crippen LogP contribution in [0, 0.1) is 0 Å². The Morgan fingerprint density at radius 3 is 2.79 bits per heavy atom. The third-order valence-corrected chi connectivity index (χ3v) is 5.83. The van der Waals surface area contributed by atoms with Crippen molar-refractivity contribution in [3.63, 3.8) is 0 Å². The predicted molar refractivity (Wildman–Crippen MR) is 87.5 cm³/mol. The van der Waals surface area contributed by atoms with Gasteiger partial charge in [0.1, 0.15) is 5.75 Å². The average molecular weight is 297 g/mol. The molecule has 0 amide bonds. The van der Waals surface area contributed by atoms with E-state index in [9.17, 15) is 0 Å². The van der Waals surface area contributed by atoms with E-state index in [1.165, 1.54) is 22.8 Å². The van der Waals surface area contributed by atoms with E-state index in [0.29, 0.717) is 0 Å². The zero-order chi connectivity index (χ0) is 13.3. The Labute approximate surface area is 125 Å². The van der Waals surface area contributed by atoms with E-state index in [1.807, 2.05) is 0 Å². The smallest absolute Gasteiger partial charge is 0.119 e. The van der Waals surface area contributed by atoms with E-state index in [2.05, 4.69) is 60.0 Å². The van der Waals surface area contributed by atoms with Gasteiger partial charge in [-0.3, -0.25) is 0 Å². The summed E-state index contributed by atoms with van der Waals surface area (Å²) in [6.07, 6.45) is 1.06. The minimum absolute atomic E-state index is 0.783. The molecule has 0 aliphatic carbocycles. The first-order chi connectivity index (χ1) is 9.38. The standard InChI is InChI=1S/C15H23NOS2/c1-2-7-17-14-5-3-13(4-6-14)10-16-11-15-12-18-8-9-19-15/h3-6,15-16H,2,7-12H2,1H3. The summed E-state index contributed by atoms with van der Waals surface area (Å²) in [5.41, 5.74) is 1.33. The normalized spacial score (nSPS) is 19.3. The van der Waals surface area contributed by atoms with Gasteiger partial charge >= 0.3 is 0 Å².